The number of hydrogen-bond acceptors (Lipinski definition) is 3. The minimum Gasteiger partial charge on any atom is -0.378 e. The maximum atomic E-state index is 12.2. The van der Waals surface area contributed by atoms with Gasteiger partial charge in [0.05, 0.1) is 6.10 Å². The fourth-order valence-corrected chi connectivity index (χ4v) is 3.48. The molecule has 1 N–H and O–H groups in total. The van der Waals surface area contributed by atoms with Crippen LogP contribution in [-0.2, 0) is 9.53 Å². The zero-order valence-electron chi connectivity index (χ0n) is 11.1. The quantitative estimate of drug-likeness (QED) is 0.823. The zero-order valence-corrected chi connectivity index (χ0v) is 11.1. The van der Waals surface area contributed by atoms with Gasteiger partial charge in [-0.05, 0) is 38.5 Å². The molecular weight excluding hydrogens is 228 g/mol. The van der Waals surface area contributed by atoms with Crippen LogP contribution in [0.3, 0.4) is 0 Å². The summed E-state index contributed by atoms with van der Waals surface area (Å²) in [5, 5.41) is 3.62. The van der Waals surface area contributed by atoms with E-state index in [1.807, 2.05) is 0 Å². The van der Waals surface area contributed by atoms with E-state index in [1.54, 1.807) is 0 Å². The molecule has 0 aromatic rings. The third-order valence-electron chi connectivity index (χ3n) is 4.58. The predicted octanol–water partition coefficient (Wildman–Crippen LogP) is 1.30. The zero-order chi connectivity index (χ0) is 12.4. The number of carbonyl (C=O) groups is 1. The van der Waals surface area contributed by atoms with Crippen molar-refractivity contribution < 1.29 is 9.53 Å². The van der Waals surface area contributed by atoms with Crippen LogP contribution in [0.15, 0.2) is 0 Å². The molecule has 3 fully saturated rings. The molecule has 102 valence electrons. The predicted molar refractivity (Wildman–Crippen MR) is 69.4 cm³/mol. The van der Waals surface area contributed by atoms with Crippen molar-refractivity contribution in [2.24, 2.45) is 0 Å². The van der Waals surface area contributed by atoms with Gasteiger partial charge in [-0.25, -0.2) is 0 Å². The number of rotatable bonds is 3. The molecule has 0 spiro atoms. The van der Waals surface area contributed by atoms with Gasteiger partial charge in [0, 0.05) is 38.2 Å². The van der Waals surface area contributed by atoms with Gasteiger partial charge in [-0.15, -0.1) is 0 Å². The highest BCUT2D eigenvalue weighted by atomic mass is 16.5. The first-order valence-corrected chi connectivity index (χ1v) is 7.46. The van der Waals surface area contributed by atoms with Gasteiger partial charge in [0.15, 0.2) is 0 Å². The van der Waals surface area contributed by atoms with Gasteiger partial charge in [-0.3, -0.25) is 4.79 Å². The van der Waals surface area contributed by atoms with E-state index in [0.717, 1.165) is 45.4 Å². The Morgan fingerprint density at radius 3 is 2.94 bits per heavy atom. The lowest BCUT2D eigenvalue weighted by molar-refractivity contribution is -0.132. The Bertz CT molecular complexity index is 302. The topological polar surface area (TPSA) is 41.6 Å². The summed E-state index contributed by atoms with van der Waals surface area (Å²) in [5.41, 5.74) is 0. The molecule has 4 heteroatoms. The monoisotopic (exact) mass is 252 g/mol. The summed E-state index contributed by atoms with van der Waals surface area (Å²) in [5.74, 6) is 0.333. The number of nitrogens with one attached hydrogen (secondary N) is 1. The van der Waals surface area contributed by atoms with Crippen LogP contribution < -0.4 is 5.32 Å². The summed E-state index contributed by atoms with van der Waals surface area (Å²) in [6.45, 7) is 2.75. The molecule has 3 heterocycles. The molecule has 3 aliphatic rings. The van der Waals surface area contributed by atoms with Crippen molar-refractivity contribution in [3.8, 4) is 0 Å². The third kappa shape index (κ3) is 2.86. The van der Waals surface area contributed by atoms with E-state index in [0.29, 0.717) is 30.5 Å². The average Bonchev–Trinajstić information content (AvgIpc) is 2.96. The second-order valence-electron chi connectivity index (χ2n) is 5.94. The summed E-state index contributed by atoms with van der Waals surface area (Å²) >= 11 is 0. The highest BCUT2D eigenvalue weighted by Gasteiger charge is 2.31. The molecule has 0 aromatic heterocycles. The molecule has 3 saturated heterocycles. The summed E-state index contributed by atoms with van der Waals surface area (Å²) in [6.07, 6.45) is 7.88. The highest BCUT2D eigenvalue weighted by molar-refractivity contribution is 5.76. The minimum absolute atomic E-state index is 0.333. The van der Waals surface area contributed by atoms with Crippen LogP contribution in [0.2, 0.25) is 0 Å². The fraction of sp³-hybridized carbons (Fsp3) is 0.929. The highest BCUT2D eigenvalue weighted by Crippen LogP contribution is 2.22. The molecule has 0 saturated carbocycles. The minimum atomic E-state index is 0.333. The van der Waals surface area contributed by atoms with Crippen molar-refractivity contribution in [3.05, 3.63) is 0 Å². The van der Waals surface area contributed by atoms with Crippen LogP contribution in [-0.4, -0.2) is 48.7 Å². The van der Waals surface area contributed by atoms with E-state index in [1.165, 1.54) is 12.8 Å². The lowest BCUT2D eigenvalue weighted by Gasteiger charge is -2.24. The van der Waals surface area contributed by atoms with Crippen LogP contribution >= 0.6 is 0 Å². The van der Waals surface area contributed by atoms with Crippen molar-refractivity contribution in [3.63, 3.8) is 0 Å². The maximum Gasteiger partial charge on any atom is 0.222 e. The van der Waals surface area contributed by atoms with Crippen LogP contribution in [0.4, 0.5) is 0 Å². The molecule has 18 heavy (non-hydrogen) atoms. The first-order chi connectivity index (χ1) is 8.81. The van der Waals surface area contributed by atoms with E-state index in [-0.39, 0.29) is 0 Å². The Labute approximate surface area is 109 Å². The van der Waals surface area contributed by atoms with Crippen molar-refractivity contribution in [2.45, 2.75) is 63.1 Å². The van der Waals surface area contributed by atoms with Gasteiger partial charge in [-0.2, -0.15) is 0 Å². The Balaban J connectivity index is 1.46. The van der Waals surface area contributed by atoms with Gasteiger partial charge >= 0.3 is 0 Å². The number of nitrogens with zero attached hydrogens (tertiary/aromatic N) is 1. The molecule has 3 atom stereocenters. The SMILES string of the molecule is O=C(CCC1CCCO1)N1CCC2CCC(C1)N2. The van der Waals surface area contributed by atoms with E-state index in [9.17, 15) is 4.79 Å². The normalized spacial score (nSPS) is 35.8. The Kier molecular flexibility index (Phi) is 3.85. The molecule has 4 nitrogen and oxygen atoms in total. The Morgan fingerprint density at radius 1 is 1.22 bits per heavy atom. The summed E-state index contributed by atoms with van der Waals surface area (Å²) in [7, 11) is 0. The first kappa shape index (κ1) is 12.4. The van der Waals surface area contributed by atoms with Crippen LogP contribution in [0.5, 0.6) is 0 Å². The number of amides is 1. The molecule has 1 amide bonds. The van der Waals surface area contributed by atoms with Gasteiger partial charge in [0.2, 0.25) is 5.91 Å². The van der Waals surface area contributed by atoms with Gasteiger partial charge in [-0.1, -0.05) is 0 Å². The molecule has 0 aromatic carbocycles. The van der Waals surface area contributed by atoms with Gasteiger partial charge < -0.3 is 15.0 Å². The molecule has 0 radical (unpaired) electrons. The van der Waals surface area contributed by atoms with Crippen molar-refractivity contribution in [2.75, 3.05) is 19.7 Å². The van der Waals surface area contributed by atoms with Crippen LogP contribution in [0, 0.1) is 0 Å². The molecular formula is C14H24N2O2. The number of likely N-dealkylation sites (tertiary alicyclic amines) is 1. The number of ether oxygens (including phenoxy) is 1. The van der Waals surface area contributed by atoms with E-state index in [4.69, 9.17) is 4.74 Å². The third-order valence-corrected chi connectivity index (χ3v) is 4.58. The van der Waals surface area contributed by atoms with Crippen molar-refractivity contribution in [1.82, 2.24) is 10.2 Å². The standard InChI is InChI=1S/C14H24N2O2/c17-14(6-5-13-2-1-9-18-13)16-8-7-11-3-4-12(10-16)15-11/h11-13,15H,1-10H2. The molecule has 3 aliphatic heterocycles. The summed E-state index contributed by atoms with van der Waals surface area (Å²) in [4.78, 5) is 14.3. The van der Waals surface area contributed by atoms with Crippen molar-refractivity contribution >= 4 is 5.91 Å². The van der Waals surface area contributed by atoms with E-state index >= 15 is 0 Å². The molecule has 0 aliphatic carbocycles. The van der Waals surface area contributed by atoms with Crippen LogP contribution in [0.1, 0.15) is 44.9 Å². The van der Waals surface area contributed by atoms with E-state index < -0.39 is 0 Å². The summed E-state index contributed by atoms with van der Waals surface area (Å²) in [6, 6.07) is 1.20. The van der Waals surface area contributed by atoms with Gasteiger partial charge in [0.1, 0.15) is 0 Å². The second-order valence-corrected chi connectivity index (χ2v) is 5.94. The Hall–Kier alpha value is -0.610. The summed E-state index contributed by atoms with van der Waals surface area (Å²) < 4.78 is 5.58. The smallest absolute Gasteiger partial charge is 0.222 e. The van der Waals surface area contributed by atoms with E-state index in [2.05, 4.69) is 10.2 Å². The van der Waals surface area contributed by atoms with Crippen molar-refractivity contribution in [1.29, 1.82) is 0 Å². The number of hydrogen-bond donors (Lipinski definition) is 1. The number of fused-ring (bicyclic) bond motifs is 2. The largest absolute Gasteiger partial charge is 0.378 e. The lowest BCUT2D eigenvalue weighted by Crippen LogP contribution is -2.39. The maximum absolute atomic E-state index is 12.2. The molecule has 2 bridgehead atoms. The van der Waals surface area contributed by atoms with Gasteiger partial charge in [0.25, 0.3) is 0 Å². The molecule has 3 unspecified atom stereocenters. The first-order valence-electron chi connectivity index (χ1n) is 7.46. The Morgan fingerprint density at radius 2 is 2.11 bits per heavy atom. The van der Waals surface area contributed by atoms with Crippen LogP contribution in [0.25, 0.3) is 0 Å². The average molecular weight is 252 g/mol. The molecule has 3 rings (SSSR count). The number of carbonyl (C=O) groups excluding carboxylic acids is 1. The second kappa shape index (κ2) is 5.57. The lowest BCUT2D eigenvalue weighted by atomic mass is 10.1. The fourth-order valence-electron chi connectivity index (χ4n) is 3.48.